The fourth-order valence-electron chi connectivity index (χ4n) is 1.13. The lowest BCUT2D eigenvalue weighted by Gasteiger charge is -2.10. The Kier molecular flexibility index (Phi) is 11.0. The molecule has 0 saturated carbocycles. The van der Waals surface area contributed by atoms with Gasteiger partial charge < -0.3 is 10.4 Å². The standard InChI is InChI=1S/C9H18N2O3S3/c12-8(10-5-1-2-6-17-16)4-3-7(11-15)9(13)14/h7,11,15-16H,1-6H2,(H,10,12)(H,13,14)/t7-/m1/s1. The van der Waals surface area contributed by atoms with E-state index < -0.39 is 12.0 Å². The maximum atomic E-state index is 11.3. The second-order valence-electron chi connectivity index (χ2n) is 3.45. The minimum Gasteiger partial charge on any atom is -0.480 e. The second kappa shape index (κ2) is 11.1. The van der Waals surface area contributed by atoms with Gasteiger partial charge in [-0.15, -0.1) is 11.7 Å². The monoisotopic (exact) mass is 298 g/mol. The largest absolute Gasteiger partial charge is 0.480 e. The molecule has 3 N–H and O–H groups in total. The Balaban J connectivity index is 3.55. The van der Waals surface area contributed by atoms with Crippen molar-refractivity contribution >= 4 is 47.1 Å². The fourth-order valence-corrected chi connectivity index (χ4v) is 2.09. The summed E-state index contributed by atoms with van der Waals surface area (Å²) in [7, 11) is 1.48. The minimum absolute atomic E-state index is 0.127. The molecule has 0 aromatic rings. The van der Waals surface area contributed by atoms with Gasteiger partial charge in [-0.3, -0.25) is 14.3 Å². The van der Waals surface area contributed by atoms with Crippen LogP contribution in [0.3, 0.4) is 0 Å². The van der Waals surface area contributed by atoms with E-state index in [9.17, 15) is 9.59 Å². The zero-order valence-electron chi connectivity index (χ0n) is 9.39. The van der Waals surface area contributed by atoms with Crippen molar-refractivity contribution < 1.29 is 14.7 Å². The number of hydrogen-bond donors (Lipinski definition) is 5. The van der Waals surface area contributed by atoms with Crippen molar-refractivity contribution in [3.05, 3.63) is 0 Å². The third-order valence-corrected chi connectivity index (χ3v) is 3.43. The molecule has 100 valence electrons. The van der Waals surface area contributed by atoms with E-state index in [2.05, 4.69) is 34.5 Å². The van der Waals surface area contributed by atoms with Crippen LogP contribution in [-0.4, -0.2) is 35.3 Å². The van der Waals surface area contributed by atoms with Gasteiger partial charge in [-0.1, -0.05) is 23.6 Å². The summed E-state index contributed by atoms with van der Waals surface area (Å²) in [5.41, 5.74) is 0. The van der Waals surface area contributed by atoms with Crippen LogP contribution >= 0.6 is 35.3 Å². The van der Waals surface area contributed by atoms with E-state index in [0.717, 1.165) is 18.6 Å². The summed E-state index contributed by atoms with van der Waals surface area (Å²) >= 11 is 7.70. The highest BCUT2D eigenvalue weighted by Crippen LogP contribution is 2.07. The van der Waals surface area contributed by atoms with Gasteiger partial charge in [0.1, 0.15) is 6.04 Å². The van der Waals surface area contributed by atoms with Crippen molar-refractivity contribution in [2.24, 2.45) is 0 Å². The molecule has 0 fully saturated rings. The molecule has 0 radical (unpaired) electrons. The van der Waals surface area contributed by atoms with Crippen LogP contribution < -0.4 is 10.0 Å². The molecule has 0 aromatic carbocycles. The number of carbonyl (C=O) groups is 2. The van der Waals surface area contributed by atoms with Crippen LogP contribution in [0.15, 0.2) is 0 Å². The molecule has 17 heavy (non-hydrogen) atoms. The Morgan fingerprint density at radius 3 is 2.59 bits per heavy atom. The van der Waals surface area contributed by atoms with E-state index in [1.807, 2.05) is 0 Å². The summed E-state index contributed by atoms with van der Waals surface area (Å²) in [4.78, 5) is 22.0. The van der Waals surface area contributed by atoms with Crippen LogP contribution in [0, 0.1) is 0 Å². The van der Waals surface area contributed by atoms with Crippen LogP contribution in [0.2, 0.25) is 0 Å². The Morgan fingerprint density at radius 1 is 1.35 bits per heavy atom. The van der Waals surface area contributed by atoms with Gasteiger partial charge in [0.25, 0.3) is 0 Å². The van der Waals surface area contributed by atoms with Crippen LogP contribution in [0.1, 0.15) is 25.7 Å². The average molecular weight is 298 g/mol. The van der Waals surface area contributed by atoms with E-state index in [1.165, 1.54) is 10.8 Å². The number of nitrogens with one attached hydrogen (secondary N) is 2. The van der Waals surface area contributed by atoms with Crippen molar-refractivity contribution in [1.29, 1.82) is 0 Å². The summed E-state index contributed by atoms with van der Waals surface area (Å²) < 4.78 is 2.34. The lowest BCUT2D eigenvalue weighted by molar-refractivity contribution is -0.139. The van der Waals surface area contributed by atoms with E-state index in [1.54, 1.807) is 0 Å². The Morgan fingerprint density at radius 2 is 2.06 bits per heavy atom. The number of carboxylic acid groups (broad SMARTS) is 1. The topological polar surface area (TPSA) is 78.4 Å². The first kappa shape index (κ1) is 16.9. The van der Waals surface area contributed by atoms with Gasteiger partial charge in [-0.25, -0.2) is 0 Å². The lowest BCUT2D eigenvalue weighted by Crippen LogP contribution is -2.33. The van der Waals surface area contributed by atoms with Crippen LogP contribution in [0.25, 0.3) is 0 Å². The molecule has 0 aliphatic heterocycles. The molecular formula is C9H18N2O3S3. The molecule has 0 rings (SSSR count). The Bertz CT molecular complexity index is 242. The average Bonchev–Trinajstić information content (AvgIpc) is 2.29. The molecule has 1 amide bonds. The Hall–Kier alpha value is -0.0500. The predicted octanol–water partition coefficient (Wildman–Crippen LogP) is 1.13. The second-order valence-corrected chi connectivity index (χ2v) is 5.15. The SMILES string of the molecule is O=C(CC[C@@H](NS)C(=O)O)NCCCCSS. The maximum absolute atomic E-state index is 11.3. The first-order valence-corrected chi connectivity index (χ1v) is 7.75. The van der Waals surface area contributed by atoms with E-state index in [4.69, 9.17) is 5.11 Å². The highest BCUT2D eigenvalue weighted by atomic mass is 33.1. The molecule has 0 bridgehead atoms. The normalized spacial score (nSPS) is 12.1. The molecule has 0 saturated heterocycles. The summed E-state index contributed by atoms with van der Waals surface area (Å²) in [6, 6.07) is -0.787. The van der Waals surface area contributed by atoms with E-state index >= 15 is 0 Å². The molecule has 1 atom stereocenters. The zero-order chi connectivity index (χ0) is 13.1. The van der Waals surface area contributed by atoms with Gasteiger partial charge in [0.05, 0.1) is 0 Å². The van der Waals surface area contributed by atoms with Crippen molar-refractivity contribution in [3.63, 3.8) is 0 Å². The third kappa shape index (κ3) is 9.63. The smallest absolute Gasteiger partial charge is 0.321 e. The first-order chi connectivity index (χ1) is 8.11. The summed E-state index contributed by atoms with van der Waals surface area (Å²) in [5, 5.41) is 11.4. The molecule has 5 nitrogen and oxygen atoms in total. The molecule has 0 aliphatic carbocycles. The summed E-state index contributed by atoms with van der Waals surface area (Å²) in [6.45, 7) is 0.624. The summed E-state index contributed by atoms with van der Waals surface area (Å²) in [6.07, 6.45) is 2.33. The van der Waals surface area contributed by atoms with Gasteiger partial charge in [0.15, 0.2) is 0 Å². The van der Waals surface area contributed by atoms with E-state index in [-0.39, 0.29) is 18.7 Å². The van der Waals surface area contributed by atoms with Gasteiger partial charge in [-0.05, 0) is 19.3 Å². The summed E-state index contributed by atoms with van der Waals surface area (Å²) in [5.74, 6) is -0.166. The van der Waals surface area contributed by atoms with Crippen LogP contribution in [0.5, 0.6) is 0 Å². The molecule has 0 unspecified atom stereocenters. The van der Waals surface area contributed by atoms with Gasteiger partial charge in [0, 0.05) is 18.7 Å². The van der Waals surface area contributed by atoms with Gasteiger partial charge in [0.2, 0.25) is 5.91 Å². The maximum Gasteiger partial charge on any atom is 0.321 e. The number of unbranched alkanes of at least 4 members (excludes halogenated alkanes) is 1. The number of rotatable bonds is 10. The number of amides is 1. The fraction of sp³-hybridized carbons (Fsp3) is 0.778. The quantitative estimate of drug-likeness (QED) is 0.237. The van der Waals surface area contributed by atoms with Crippen LogP contribution in [0.4, 0.5) is 0 Å². The molecule has 8 heteroatoms. The highest BCUT2D eigenvalue weighted by molar-refractivity contribution is 8.68. The molecule has 0 heterocycles. The highest BCUT2D eigenvalue weighted by Gasteiger charge is 2.16. The van der Waals surface area contributed by atoms with E-state index in [0.29, 0.717) is 6.54 Å². The molecule has 0 spiro atoms. The van der Waals surface area contributed by atoms with Crippen molar-refractivity contribution in [1.82, 2.24) is 10.0 Å². The van der Waals surface area contributed by atoms with Crippen LogP contribution in [-0.2, 0) is 9.59 Å². The number of thiol groups is 2. The Labute approximate surface area is 116 Å². The van der Waals surface area contributed by atoms with Gasteiger partial charge in [-0.2, -0.15) is 0 Å². The van der Waals surface area contributed by atoms with Crippen molar-refractivity contribution in [2.45, 2.75) is 31.7 Å². The first-order valence-electron chi connectivity index (χ1n) is 5.27. The van der Waals surface area contributed by atoms with Crippen molar-refractivity contribution in [2.75, 3.05) is 12.3 Å². The van der Waals surface area contributed by atoms with Crippen molar-refractivity contribution in [3.8, 4) is 0 Å². The van der Waals surface area contributed by atoms with Gasteiger partial charge >= 0.3 is 5.97 Å². The minimum atomic E-state index is -1.00. The third-order valence-electron chi connectivity index (χ3n) is 2.10. The number of hydrogen-bond acceptors (Lipinski definition) is 6. The number of carboxylic acids is 1. The lowest BCUT2D eigenvalue weighted by atomic mass is 10.1. The zero-order valence-corrected chi connectivity index (χ0v) is 12.0. The molecular weight excluding hydrogens is 280 g/mol. The number of carbonyl (C=O) groups excluding carboxylic acids is 1. The number of aliphatic carboxylic acids is 1. The molecule has 0 aliphatic rings. The predicted molar refractivity (Wildman–Crippen MR) is 76.5 cm³/mol. The molecule has 0 aromatic heterocycles.